The van der Waals surface area contributed by atoms with Gasteiger partial charge in [0.25, 0.3) is 0 Å². The predicted molar refractivity (Wildman–Crippen MR) is 42.8 cm³/mol. The molecule has 0 amide bonds. The number of hydrogen-bond acceptors (Lipinski definition) is 5. The zero-order valence-corrected chi connectivity index (χ0v) is 10.4. The molecule has 0 aliphatic carbocycles. The second kappa shape index (κ2) is 9.42. The molecule has 1 heterocycles. The van der Waals surface area contributed by atoms with Gasteiger partial charge in [-0.15, -0.1) is 0 Å². The molecule has 14 heavy (non-hydrogen) atoms. The van der Waals surface area contributed by atoms with Gasteiger partial charge >= 0.3 is 35.5 Å². The summed E-state index contributed by atoms with van der Waals surface area (Å²) in [5.74, 6) is -1.83. The van der Waals surface area contributed by atoms with Gasteiger partial charge in [0.2, 0.25) is 0 Å². The first-order valence-electron chi connectivity index (χ1n) is 3.85. The van der Waals surface area contributed by atoms with Crippen molar-refractivity contribution in [1.29, 1.82) is 0 Å². The van der Waals surface area contributed by atoms with Crippen LogP contribution in [0.3, 0.4) is 0 Å². The molecule has 1 rings (SSSR count). The summed E-state index contributed by atoms with van der Waals surface area (Å²) in [5.41, 5.74) is 0. The van der Waals surface area contributed by atoms with E-state index >= 15 is 0 Å². The van der Waals surface area contributed by atoms with Crippen LogP contribution in [0.1, 0.15) is 6.92 Å². The Bertz CT molecular complexity index is 179. The van der Waals surface area contributed by atoms with Crippen LogP contribution < -0.4 is 40.0 Å². The normalized spacial score (nSPS) is 14.9. The van der Waals surface area contributed by atoms with E-state index in [9.17, 15) is 4.79 Å². The molecule has 0 aromatic rings. The van der Waals surface area contributed by atoms with Crippen LogP contribution in [0.4, 0.5) is 0 Å². The van der Waals surface area contributed by atoms with Crippen LogP contribution >= 0.6 is 0 Å². The summed E-state index contributed by atoms with van der Waals surface area (Å²) in [6.07, 6.45) is 0. The van der Waals surface area contributed by atoms with Crippen molar-refractivity contribution in [1.82, 2.24) is 10.2 Å². The minimum Gasteiger partial charge on any atom is -0.550 e. The summed E-state index contributed by atoms with van der Waals surface area (Å²) >= 11 is 0. The fraction of sp³-hybridized carbons (Fsp3) is 0.714. The van der Waals surface area contributed by atoms with E-state index in [2.05, 4.69) is 5.32 Å². The second-order valence-electron chi connectivity index (χ2n) is 2.60. The molecule has 0 spiro atoms. The quantitative estimate of drug-likeness (QED) is 0.444. The van der Waals surface area contributed by atoms with Crippen LogP contribution in [0.15, 0.2) is 0 Å². The maximum atomic E-state index is 10.1. The number of carbonyl (C=O) groups is 2. The minimum absolute atomic E-state index is 0. The van der Waals surface area contributed by atoms with Crippen molar-refractivity contribution in [2.45, 2.75) is 6.92 Å². The fourth-order valence-corrected chi connectivity index (χ4v) is 0.880. The Balaban J connectivity index is 0. The van der Waals surface area contributed by atoms with Crippen molar-refractivity contribution < 1.29 is 49.4 Å². The molecule has 1 saturated heterocycles. The standard InChI is InChI=1S/C5H10N2O2.C2H4O2.Na/c8-5(9)3-7-2-1-6-4-7;1-2(3)4;/h6H,1-4H2,(H,8,9);1H3,(H,3,4);/q;;+1/p-1. The number of carboxylic acids is 2. The molecule has 1 fully saturated rings. The Morgan fingerprint density at radius 1 is 1.57 bits per heavy atom. The summed E-state index contributed by atoms with van der Waals surface area (Å²) in [5, 5.41) is 20.2. The van der Waals surface area contributed by atoms with Crippen molar-refractivity contribution in [2.75, 3.05) is 26.3 Å². The number of aliphatic carboxylic acids is 2. The van der Waals surface area contributed by atoms with Crippen molar-refractivity contribution in [3.8, 4) is 0 Å². The topological polar surface area (TPSA) is 92.7 Å². The van der Waals surface area contributed by atoms with E-state index in [0.29, 0.717) is 6.67 Å². The van der Waals surface area contributed by atoms with Gasteiger partial charge in [0.1, 0.15) is 0 Å². The zero-order chi connectivity index (χ0) is 10.3. The van der Waals surface area contributed by atoms with Gasteiger partial charge in [-0.1, -0.05) is 0 Å². The van der Waals surface area contributed by atoms with Gasteiger partial charge in [-0.05, 0) is 6.92 Å². The first-order chi connectivity index (χ1) is 6.02. The number of nitrogens with one attached hydrogen (secondary N) is 1. The minimum atomic E-state index is -1.08. The average molecular weight is 212 g/mol. The molecule has 7 heteroatoms. The Morgan fingerprint density at radius 2 is 2.07 bits per heavy atom. The van der Waals surface area contributed by atoms with Crippen molar-refractivity contribution in [3.63, 3.8) is 0 Å². The number of hydrogen-bond donors (Lipinski definition) is 2. The van der Waals surface area contributed by atoms with Crippen molar-refractivity contribution in [2.24, 2.45) is 0 Å². The van der Waals surface area contributed by atoms with E-state index in [1.54, 1.807) is 0 Å². The largest absolute Gasteiger partial charge is 1.00 e. The molecule has 6 nitrogen and oxygen atoms in total. The van der Waals surface area contributed by atoms with Gasteiger partial charge in [0, 0.05) is 25.7 Å². The van der Waals surface area contributed by atoms with E-state index in [4.69, 9.17) is 15.0 Å². The smallest absolute Gasteiger partial charge is 0.550 e. The van der Waals surface area contributed by atoms with Crippen LogP contribution in [0.25, 0.3) is 0 Å². The summed E-state index contributed by atoms with van der Waals surface area (Å²) in [7, 11) is 0. The van der Waals surface area contributed by atoms with E-state index in [-0.39, 0.29) is 36.1 Å². The van der Waals surface area contributed by atoms with Crippen molar-refractivity contribution in [3.05, 3.63) is 0 Å². The average Bonchev–Trinajstić information content (AvgIpc) is 2.36. The Kier molecular flexibility index (Phi) is 11.0. The van der Waals surface area contributed by atoms with Gasteiger partial charge in [0.05, 0.1) is 6.54 Å². The maximum Gasteiger partial charge on any atom is 1.00 e. The second-order valence-corrected chi connectivity index (χ2v) is 2.60. The maximum absolute atomic E-state index is 10.1. The van der Waals surface area contributed by atoms with Crippen LogP contribution in [-0.2, 0) is 9.59 Å². The molecule has 2 N–H and O–H groups in total. The van der Waals surface area contributed by atoms with Gasteiger partial charge in [-0.2, -0.15) is 0 Å². The van der Waals surface area contributed by atoms with Gasteiger partial charge < -0.3 is 20.3 Å². The van der Waals surface area contributed by atoms with Gasteiger partial charge in [-0.25, -0.2) is 0 Å². The fourth-order valence-electron chi connectivity index (χ4n) is 0.880. The molecule has 1 aliphatic heterocycles. The van der Waals surface area contributed by atoms with E-state index in [1.165, 1.54) is 0 Å². The summed E-state index contributed by atoms with van der Waals surface area (Å²) < 4.78 is 0. The van der Waals surface area contributed by atoms with Gasteiger partial charge in [-0.3, -0.25) is 9.69 Å². The molecule has 0 atom stereocenters. The van der Waals surface area contributed by atoms with Crippen LogP contribution in [0.2, 0.25) is 0 Å². The van der Waals surface area contributed by atoms with E-state index in [0.717, 1.165) is 20.0 Å². The monoisotopic (exact) mass is 212 g/mol. The van der Waals surface area contributed by atoms with Crippen LogP contribution in [0, 0.1) is 0 Å². The molecular formula is C7H13N2NaO4. The summed E-state index contributed by atoms with van der Waals surface area (Å²) in [6.45, 7) is 3.61. The molecule has 0 aromatic carbocycles. The Labute approximate surface area is 105 Å². The summed E-state index contributed by atoms with van der Waals surface area (Å²) in [6, 6.07) is 0. The molecule has 0 aromatic heterocycles. The summed E-state index contributed by atoms with van der Waals surface area (Å²) in [4.78, 5) is 20.8. The molecule has 1 aliphatic rings. The third-order valence-electron chi connectivity index (χ3n) is 1.30. The zero-order valence-electron chi connectivity index (χ0n) is 8.45. The first kappa shape index (κ1) is 16.3. The van der Waals surface area contributed by atoms with E-state index in [1.807, 2.05) is 4.90 Å². The molecule has 76 valence electrons. The number of nitrogens with zero attached hydrogens (tertiary/aromatic N) is 1. The Morgan fingerprint density at radius 3 is 2.36 bits per heavy atom. The molecule has 0 unspecified atom stereocenters. The molecule has 0 radical (unpaired) electrons. The first-order valence-corrected chi connectivity index (χ1v) is 3.85. The van der Waals surface area contributed by atoms with Crippen molar-refractivity contribution >= 4 is 11.9 Å². The number of carboxylic acid groups (broad SMARTS) is 2. The number of rotatable bonds is 2. The molecular weight excluding hydrogens is 199 g/mol. The SMILES string of the molecule is CC(=O)[O-].O=C(O)CN1CCNC1.[Na+]. The van der Waals surface area contributed by atoms with Gasteiger partial charge in [0.15, 0.2) is 0 Å². The van der Waals surface area contributed by atoms with Crippen LogP contribution in [-0.4, -0.2) is 48.2 Å². The molecule has 0 saturated carbocycles. The third-order valence-corrected chi connectivity index (χ3v) is 1.30. The third kappa shape index (κ3) is 11.9. The predicted octanol–water partition coefficient (Wildman–Crippen LogP) is -5.31. The molecule has 0 bridgehead atoms. The van der Waals surface area contributed by atoms with Crippen LogP contribution in [0.5, 0.6) is 0 Å². The van der Waals surface area contributed by atoms with E-state index < -0.39 is 11.9 Å². The Hall–Kier alpha value is -0.140. The number of carbonyl (C=O) groups excluding carboxylic acids is 1.